The molecule has 16 heavy (non-hydrogen) atoms. The molecular weight excluding hydrogens is 270 g/mol. The maximum atomic E-state index is 5.41. The Labute approximate surface area is 104 Å². The molecule has 0 spiro atoms. The van der Waals surface area contributed by atoms with E-state index in [2.05, 4.69) is 21.2 Å². The van der Waals surface area contributed by atoms with E-state index >= 15 is 0 Å². The van der Waals surface area contributed by atoms with Gasteiger partial charge in [-0.2, -0.15) is 0 Å². The molecule has 1 aromatic rings. The number of halogens is 1. The minimum atomic E-state index is 0.721. The lowest BCUT2D eigenvalue weighted by atomic mass is 9.94. The summed E-state index contributed by atoms with van der Waals surface area (Å²) >= 11 is 3.58. The van der Waals surface area contributed by atoms with Gasteiger partial charge in [-0.15, -0.1) is 0 Å². The first-order valence-corrected chi connectivity index (χ1v) is 6.15. The third-order valence-electron chi connectivity index (χ3n) is 2.94. The van der Waals surface area contributed by atoms with Crippen LogP contribution in [0.5, 0.6) is 11.5 Å². The molecule has 1 saturated heterocycles. The maximum Gasteiger partial charge on any atom is 0.126 e. The number of nitrogens with one attached hydrogen (secondary N) is 1. The summed E-state index contributed by atoms with van der Waals surface area (Å²) in [5.74, 6) is 2.44. The molecule has 0 radical (unpaired) electrons. The van der Waals surface area contributed by atoms with Crippen LogP contribution in [-0.2, 0) is 6.42 Å². The Morgan fingerprint density at radius 1 is 1.31 bits per heavy atom. The predicted molar refractivity (Wildman–Crippen MR) is 67.3 cm³/mol. The highest BCUT2D eigenvalue weighted by molar-refractivity contribution is 9.10. The van der Waals surface area contributed by atoms with Crippen LogP contribution in [0, 0.1) is 5.92 Å². The van der Waals surface area contributed by atoms with E-state index in [9.17, 15) is 0 Å². The molecule has 0 aliphatic carbocycles. The second-order valence-electron chi connectivity index (χ2n) is 4.02. The number of benzene rings is 1. The summed E-state index contributed by atoms with van der Waals surface area (Å²) in [6.07, 6.45) is 1.04. The smallest absolute Gasteiger partial charge is 0.126 e. The van der Waals surface area contributed by atoms with Crippen molar-refractivity contribution in [2.24, 2.45) is 5.92 Å². The molecule has 0 unspecified atom stereocenters. The van der Waals surface area contributed by atoms with Crippen molar-refractivity contribution in [1.29, 1.82) is 0 Å². The summed E-state index contributed by atoms with van der Waals surface area (Å²) in [6, 6.07) is 3.93. The zero-order valence-corrected chi connectivity index (χ0v) is 11.1. The lowest BCUT2D eigenvalue weighted by Crippen LogP contribution is -2.43. The van der Waals surface area contributed by atoms with E-state index in [1.807, 2.05) is 12.1 Å². The summed E-state index contributed by atoms with van der Waals surface area (Å²) in [4.78, 5) is 0. The van der Waals surface area contributed by atoms with Crippen LogP contribution >= 0.6 is 15.9 Å². The fourth-order valence-corrected chi connectivity index (χ4v) is 2.45. The number of hydrogen-bond donors (Lipinski definition) is 1. The van der Waals surface area contributed by atoms with E-state index in [0.29, 0.717) is 0 Å². The van der Waals surface area contributed by atoms with Gasteiger partial charge < -0.3 is 14.8 Å². The number of ether oxygens (including phenoxy) is 2. The fourth-order valence-electron chi connectivity index (χ4n) is 1.87. The average molecular weight is 286 g/mol. The van der Waals surface area contributed by atoms with Crippen molar-refractivity contribution in [3.63, 3.8) is 0 Å². The SMILES string of the molecule is COc1cc(Br)c(CC2CNC2)c(OC)c1. The molecule has 1 aliphatic rings. The van der Waals surface area contributed by atoms with E-state index in [-0.39, 0.29) is 0 Å². The van der Waals surface area contributed by atoms with E-state index in [4.69, 9.17) is 9.47 Å². The van der Waals surface area contributed by atoms with Gasteiger partial charge in [-0.1, -0.05) is 15.9 Å². The van der Waals surface area contributed by atoms with Crippen LogP contribution < -0.4 is 14.8 Å². The lowest BCUT2D eigenvalue weighted by molar-refractivity contribution is 0.336. The molecule has 88 valence electrons. The highest BCUT2D eigenvalue weighted by atomic mass is 79.9. The second-order valence-corrected chi connectivity index (χ2v) is 4.87. The standard InChI is InChI=1S/C12H16BrNO2/c1-15-9-4-11(13)10(12(5-9)16-2)3-8-6-14-7-8/h4-5,8,14H,3,6-7H2,1-2H3. The summed E-state index contributed by atoms with van der Waals surface area (Å²) in [6.45, 7) is 2.20. The number of rotatable bonds is 4. The Balaban J connectivity index is 2.26. The van der Waals surface area contributed by atoms with Crippen molar-refractivity contribution in [2.75, 3.05) is 27.3 Å². The van der Waals surface area contributed by atoms with Crippen molar-refractivity contribution in [3.05, 3.63) is 22.2 Å². The van der Waals surface area contributed by atoms with Crippen LogP contribution in [0.2, 0.25) is 0 Å². The summed E-state index contributed by atoms with van der Waals surface area (Å²) < 4.78 is 11.7. The molecule has 0 saturated carbocycles. The molecule has 1 aliphatic heterocycles. The van der Waals surface area contributed by atoms with Gasteiger partial charge >= 0.3 is 0 Å². The van der Waals surface area contributed by atoms with Gasteiger partial charge in [-0.3, -0.25) is 0 Å². The molecule has 0 atom stereocenters. The van der Waals surface area contributed by atoms with Crippen LogP contribution in [0.4, 0.5) is 0 Å². The van der Waals surface area contributed by atoms with Crippen molar-refractivity contribution in [1.82, 2.24) is 5.32 Å². The Hall–Kier alpha value is -0.740. The van der Waals surface area contributed by atoms with E-state index in [0.717, 1.165) is 41.4 Å². The Kier molecular flexibility index (Phi) is 3.71. The van der Waals surface area contributed by atoms with Crippen molar-refractivity contribution >= 4 is 15.9 Å². The summed E-state index contributed by atoms with van der Waals surface area (Å²) in [5.41, 5.74) is 1.23. The highest BCUT2D eigenvalue weighted by Gasteiger charge is 2.21. The quantitative estimate of drug-likeness (QED) is 0.920. The molecule has 0 aromatic heterocycles. The van der Waals surface area contributed by atoms with Crippen molar-refractivity contribution in [2.45, 2.75) is 6.42 Å². The molecule has 2 rings (SSSR count). The topological polar surface area (TPSA) is 30.5 Å². The van der Waals surface area contributed by atoms with Crippen LogP contribution in [0.15, 0.2) is 16.6 Å². The molecule has 0 bridgehead atoms. The molecule has 1 aromatic carbocycles. The molecule has 4 heteroatoms. The van der Waals surface area contributed by atoms with Gasteiger partial charge in [0.15, 0.2) is 0 Å². The zero-order valence-electron chi connectivity index (χ0n) is 9.55. The van der Waals surface area contributed by atoms with Gasteiger partial charge in [0.25, 0.3) is 0 Å². The van der Waals surface area contributed by atoms with Gasteiger partial charge in [-0.25, -0.2) is 0 Å². The number of hydrogen-bond acceptors (Lipinski definition) is 3. The molecule has 3 nitrogen and oxygen atoms in total. The van der Waals surface area contributed by atoms with E-state index < -0.39 is 0 Å². The van der Waals surface area contributed by atoms with Gasteiger partial charge in [0, 0.05) is 16.1 Å². The average Bonchev–Trinajstić information content (AvgIpc) is 2.23. The molecule has 1 heterocycles. The monoisotopic (exact) mass is 285 g/mol. The van der Waals surface area contributed by atoms with Crippen molar-refractivity contribution < 1.29 is 9.47 Å². The third-order valence-corrected chi connectivity index (χ3v) is 3.65. The minimum absolute atomic E-state index is 0.721. The number of methoxy groups -OCH3 is 2. The minimum Gasteiger partial charge on any atom is -0.497 e. The van der Waals surface area contributed by atoms with Crippen molar-refractivity contribution in [3.8, 4) is 11.5 Å². The zero-order chi connectivity index (χ0) is 11.5. The first-order valence-electron chi connectivity index (χ1n) is 5.35. The third kappa shape index (κ3) is 2.33. The summed E-state index contributed by atoms with van der Waals surface area (Å²) in [7, 11) is 3.36. The predicted octanol–water partition coefficient (Wildman–Crippen LogP) is 2.23. The second kappa shape index (κ2) is 5.06. The van der Waals surface area contributed by atoms with Gasteiger partial charge in [0.2, 0.25) is 0 Å². The van der Waals surface area contributed by atoms with Gasteiger partial charge in [0.1, 0.15) is 11.5 Å². The Bertz CT molecular complexity index is 378. The van der Waals surface area contributed by atoms with Gasteiger partial charge in [0.05, 0.1) is 14.2 Å². The van der Waals surface area contributed by atoms with Crippen LogP contribution in [0.25, 0.3) is 0 Å². The highest BCUT2D eigenvalue weighted by Crippen LogP contribution is 2.34. The fraction of sp³-hybridized carbons (Fsp3) is 0.500. The van der Waals surface area contributed by atoms with Crippen LogP contribution in [-0.4, -0.2) is 27.3 Å². The Morgan fingerprint density at radius 3 is 2.56 bits per heavy atom. The van der Waals surface area contributed by atoms with Crippen LogP contribution in [0.1, 0.15) is 5.56 Å². The largest absolute Gasteiger partial charge is 0.497 e. The first kappa shape index (κ1) is 11.7. The lowest BCUT2D eigenvalue weighted by Gasteiger charge is -2.28. The maximum absolute atomic E-state index is 5.41. The molecular formula is C12H16BrNO2. The first-order chi connectivity index (χ1) is 7.74. The van der Waals surface area contributed by atoms with E-state index in [1.165, 1.54) is 5.56 Å². The van der Waals surface area contributed by atoms with Crippen LogP contribution in [0.3, 0.4) is 0 Å². The van der Waals surface area contributed by atoms with Gasteiger partial charge in [-0.05, 0) is 31.5 Å². The molecule has 1 fully saturated rings. The Morgan fingerprint density at radius 2 is 2.06 bits per heavy atom. The molecule has 1 N–H and O–H groups in total. The molecule has 0 amide bonds. The normalized spacial score (nSPS) is 15.7. The van der Waals surface area contributed by atoms with E-state index in [1.54, 1.807) is 14.2 Å². The summed E-state index contributed by atoms with van der Waals surface area (Å²) in [5, 5.41) is 3.28.